The Morgan fingerprint density at radius 2 is 1.90 bits per heavy atom. The maximum absolute atomic E-state index is 11.9. The van der Waals surface area contributed by atoms with Gasteiger partial charge in [0.1, 0.15) is 0 Å². The average molecular weight is 305 g/mol. The van der Waals surface area contributed by atoms with Crippen LogP contribution in [0.3, 0.4) is 0 Å². The van der Waals surface area contributed by atoms with Gasteiger partial charge in [-0.05, 0) is 25.5 Å². The zero-order valence-electron chi connectivity index (χ0n) is 12.1. The Labute approximate surface area is 123 Å². The van der Waals surface area contributed by atoms with Gasteiger partial charge in [-0.1, -0.05) is 30.3 Å². The lowest BCUT2D eigenvalue weighted by Gasteiger charge is -2.17. The summed E-state index contributed by atoms with van der Waals surface area (Å²) in [6.07, 6.45) is -5.78. The van der Waals surface area contributed by atoms with Crippen LogP contribution >= 0.6 is 0 Å². The number of nitrogens with one attached hydrogen (secondary N) is 1. The third-order valence-corrected chi connectivity index (χ3v) is 3.00. The van der Waals surface area contributed by atoms with Gasteiger partial charge in [-0.2, -0.15) is 13.2 Å². The van der Waals surface area contributed by atoms with Crippen molar-refractivity contribution in [3.8, 4) is 0 Å². The molecule has 0 aliphatic heterocycles. The van der Waals surface area contributed by atoms with E-state index in [4.69, 9.17) is 4.74 Å². The van der Waals surface area contributed by atoms with Gasteiger partial charge in [-0.15, -0.1) is 0 Å². The second-order valence-electron chi connectivity index (χ2n) is 4.96. The fourth-order valence-corrected chi connectivity index (χ4v) is 1.82. The van der Waals surface area contributed by atoms with Crippen molar-refractivity contribution in [2.75, 3.05) is 19.7 Å². The van der Waals surface area contributed by atoms with Crippen molar-refractivity contribution >= 4 is 0 Å². The van der Waals surface area contributed by atoms with E-state index >= 15 is 0 Å². The predicted molar refractivity (Wildman–Crippen MR) is 75.0 cm³/mol. The molecule has 2 unspecified atom stereocenters. The zero-order valence-corrected chi connectivity index (χ0v) is 12.1. The van der Waals surface area contributed by atoms with Crippen molar-refractivity contribution in [1.29, 1.82) is 0 Å². The maximum Gasteiger partial charge on any atom is 0.389 e. The zero-order chi connectivity index (χ0) is 15.7. The topological polar surface area (TPSA) is 41.5 Å². The van der Waals surface area contributed by atoms with E-state index in [9.17, 15) is 18.3 Å². The normalized spacial score (nSPS) is 14.9. The highest BCUT2D eigenvalue weighted by molar-refractivity contribution is 5.16. The summed E-state index contributed by atoms with van der Waals surface area (Å²) in [6.45, 7) is 2.48. The quantitative estimate of drug-likeness (QED) is 0.689. The minimum atomic E-state index is -4.12. The van der Waals surface area contributed by atoms with Crippen LogP contribution in [0.25, 0.3) is 0 Å². The number of benzene rings is 1. The molecule has 6 heteroatoms. The molecule has 0 aliphatic carbocycles. The number of aliphatic hydroxyl groups is 1. The standard InChI is InChI=1S/C15H22F3NO2/c1-12(13-6-3-2-4-7-13)21-11-14(20)10-19-9-5-8-15(16,17)18/h2-4,6-7,12,14,19-20H,5,8-11H2,1H3. The lowest BCUT2D eigenvalue weighted by Crippen LogP contribution is -2.31. The van der Waals surface area contributed by atoms with E-state index in [2.05, 4.69) is 5.32 Å². The highest BCUT2D eigenvalue weighted by Gasteiger charge is 2.25. The summed E-state index contributed by atoms with van der Waals surface area (Å²) in [5, 5.41) is 12.5. The molecule has 2 atom stereocenters. The van der Waals surface area contributed by atoms with Crippen LogP contribution in [0.1, 0.15) is 31.4 Å². The minimum Gasteiger partial charge on any atom is -0.389 e. The van der Waals surface area contributed by atoms with Gasteiger partial charge in [-0.3, -0.25) is 0 Å². The summed E-state index contributed by atoms with van der Waals surface area (Å²) >= 11 is 0. The summed E-state index contributed by atoms with van der Waals surface area (Å²) in [5.74, 6) is 0. The molecule has 0 heterocycles. The molecule has 0 spiro atoms. The van der Waals surface area contributed by atoms with Crippen molar-refractivity contribution < 1.29 is 23.0 Å². The van der Waals surface area contributed by atoms with E-state index in [1.807, 2.05) is 37.3 Å². The van der Waals surface area contributed by atoms with Gasteiger partial charge in [0.25, 0.3) is 0 Å². The number of aliphatic hydroxyl groups excluding tert-OH is 1. The molecule has 0 aliphatic rings. The first-order valence-electron chi connectivity index (χ1n) is 7.00. The second kappa shape index (κ2) is 9.02. The van der Waals surface area contributed by atoms with E-state index in [1.54, 1.807) is 0 Å². The summed E-state index contributed by atoms with van der Waals surface area (Å²) < 4.78 is 41.3. The predicted octanol–water partition coefficient (Wildman–Crippen LogP) is 3.06. The van der Waals surface area contributed by atoms with Crippen molar-refractivity contribution in [3.05, 3.63) is 35.9 Å². The van der Waals surface area contributed by atoms with Crippen LogP contribution in [0.5, 0.6) is 0 Å². The first-order valence-corrected chi connectivity index (χ1v) is 7.00. The van der Waals surface area contributed by atoms with E-state index in [-0.39, 0.29) is 32.2 Å². The summed E-state index contributed by atoms with van der Waals surface area (Å²) in [7, 11) is 0. The highest BCUT2D eigenvalue weighted by atomic mass is 19.4. The van der Waals surface area contributed by atoms with Crippen molar-refractivity contribution in [1.82, 2.24) is 5.32 Å². The molecule has 0 aromatic heterocycles. The van der Waals surface area contributed by atoms with Crippen molar-refractivity contribution in [2.24, 2.45) is 0 Å². The summed E-state index contributed by atoms with van der Waals surface area (Å²) in [4.78, 5) is 0. The van der Waals surface area contributed by atoms with Crippen LogP contribution in [0.15, 0.2) is 30.3 Å². The molecular formula is C15H22F3NO2. The first kappa shape index (κ1) is 17.9. The van der Waals surface area contributed by atoms with Gasteiger partial charge < -0.3 is 15.2 Å². The van der Waals surface area contributed by atoms with E-state index in [0.29, 0.717) is 0 Å². The molecule has 2 N–H and O–H groups in total. The van der Waals surface area contributed by atoms with Crippen LogP contribution in [-0.2, 0) is 4.74 Å². The third kappa shape index (κ3) is 8.70. The van der Waals surface area contributed by atoms with Crippen LogP contribution < -0.4 is 5.32 Å². The van der Waals surface area contributed by atoms with Crippen molar-refractivity contribution in [2.45, 2.75) is 38.1 Å². The molecule has 0 bridgehead atoms. The largest absolute Gasteiger partial charge is 0.389 e. The number of halogens is 3. The lowest BCUT2D eigenvalue weighted by molar-refractivity contribution is -0.135. The Hall–Kier alpha value is -1.11. The van der Waals surface area contributed by atoms with E-state index in [0.717, 1.165) is 5.56 Å². The van der Waals surface area contributed by atoms with Gasteiger partial charge in [0.15, 0.2) is 0 Å². The van der Waals surface area contributed by atoms with Crippen molar-refractivity contribution in [3.63, 3.8) is 0 Å². The maximum atomic E-state index is 11.9. The van der Waals surface area contributed by atoms with Crippen LogP contribution in [-0.4, -0.2) is 37.1 Å². The molecule has 0 saturated carbocycles. The van der Waals surface area contributed by atoms with Crippen LogP contribution in [0, 0.1) is 0 Å². The molecule has 1 aromatic rings. The lowest BCUT2D eigenvalue weighted by atomic mass is 10.1. The molecule has 3 nitrogen and oxygen atoms in total. The van der Waals surface area contributed by atoms with Gasteiger partial charge >= 0.3 is 6.18 Å². The molecule has 120 valence electrons. The Balaban J connectivity index is 2.10. The van der Waals surface area contributed by atoms with Gasteiger partial charge in [0, 0.05) is 13.0 Å². The smallest absolute Gasteiger partial charge is 0.389 e. The van der Waals surface area contributed by atoms with Crippen LogP contribution in [0.4, 0.5) is 13.2 Å². The average Bonchev–Trinajstić information content (AvgIpc) is 2.44. The Morgan fingerprint density at radius 1 is 1.24 bits per heavy atom. The molecule has 0 fully saturated rings. The van der Waals surface area contributed by atoms with Gasteiger partial charge in [0.05, 0.1) is 18.8 Å². The fraction of sp³-hybridized carbons (Fsp3) is 0.600. The minimum absolute atomic E-state index is 0.0114. The van der Waals surface area contributed by atoms with Crippen LogP contribution in [0.2, 0.25) is 0 Å². The Bertz CT molecular complexity index is 384. The first-order chi connectivity index (χ1) is 9.88. The number of ether oxygens (including phenoxy) is 1. The molecular weight excluding hydrogens is 283 g/mol. The molecule has 0 saturated heterocycles. The van der Waals surface area contributed by atoms with E-state index in [1.165, 1.54) is 0 Å². The number of hydrogen-bond donors (Lipinski definition) is 2. The van der Waals surface area contributed by atoms with Gasteiger partial charge in [0.2, 0.25) is 0 Å². The molecule has 21 heavy (non-hydrogen) atoms. The Kier molecular flexibility index (Phi) is 7.71. The highest BCUT2D eigenvalue weighted by Crippen LogP contribution is 2.20. The molecule has 0 amide bonds. The summed E-state index contributed by atoms with van der Waals surface area (Å²) in [6, 6.07) is 9.61. The Morgan fingerprint density at radius 3 is 2.52 bits per heavy atom. The number of rotatable bonds is 9. The monoisotopic (exact) mass is 305 g/mol. The molecule has 1 aromatic carbocycles. The van der Waals surface area contributed by atoms with E-state index < -0.39 is 18.7 Å². The third-order valence-electron chi connectivity index (χ3n) is 3.00. The number of alkyl halides is 3. The molecule has 1 rings (SSSR count). The number of hydrogen-bond acceptors (Lipinski definition) is 3. The molecule has 0 radical (unpaired) electrons. The fourth-order valence-electron chi connectivity index (χ4n) is 1.82. The second-order valence-corrected chi connectivity index (χ2v) is 4.96. The summed E-state index contributed by atoms with van der Waals surface area (Å²) in [5.41, 5.74) is 1.02. The SMILES string of the molecule is CC(OCC(O)CNCCCC(F)(F)F)c1ccccc1. The van der Waals surface area contributed by atoms with Gasteiger partial charge in [-0.25, -0.2) is 0 Å².